The molecular formula is C14H16N2O2. The molecule has 2 N–H and O–H groups in total. The Bertz CT molecular complexity index is 442. The molecule has 0 aromatic heterocycles. The summed E-state index contributed by atoms with van der Waals surface area (Å²) in [4.78, 5) is 0. The van der Waals surface area contributed by atoms with E-state index in [1.807, 2.05) is 38.1 Å². The molecule has 94 valence electrons. The molecule has 4 nitrogen and oxygen atoms in total. The van der Waals surface area contributed by atoms with Crippen LogP contribution in [-0.4, -0.2) is 0 Å². The normalized spacial score (nSPS) is 32.6. The second kappa shape index (κ2) is 3.70. The number of rotatable bonds is 2. The molecule has 1 aromatic carbocycles. The summed E-state index contributed by atoms with van der Waals surface area (Å²) >= 11 is 0. The summed E-state index contributed by atoms with van der Waals surface area (Å²) in [5.74, 6) is 0. The quantitative estimate of drug-likeness (QED) is 0.837. The minimum Gasteiger partial charge on any atom is -0.470 e. The maximum atomic E-state index is 5.57. The lowest BCUT2D eigenvalue weighted by Crippen LogP contribution is -2.35. The van der Waals surface area contributed by atoms with Gasteiger partial charge in [-0.05, 0) is 13.8 Å². The van der Waals surface area contributed by atoms with E-state index in [-0.39, 0.29) is 0 Å². The Morgan fingerprint density at radius 3 is 1.44 bits per heavy atom. The summed E-state index contributed by atoms with van der Waals surface area (Å²) in [6.45, 7) is 3.99. The Balaban J connectivity index is 1.85. The number of nitrogens with one attached hydrogen (secondary N) is 2. The average Bonchev–Trinajstić information content (AvgIpc) is 3.01. The first-order valence-corrected chi connectivity index (χ1v) is 5.95. The maximum absolute atomic E-state index is 5.57. The molecular weight excluding hydrogens is 228 g/mol. The van der Waals surface area contributed by atoms with Crippen LogP contribution in [0.3, 0.4) is 0 Å². The van der Waals surface area contributed by atoms with Crippen molar-refractivity contribution in [1.29, 1.82) is 0 Å². The summed E-state index contributed by atoms with van der Waals surface area (Å²) in [5, 5.41) is 6.37. The zero-order valence-corrected chi connectivity index (χ0v) is 10.4. The first kappa shape index (κ1) is 11.0. The number of hydrogen-bond donors (Lipinski definition) is 2. The first-order valence-electron chi connectivity index (χ1n) is 5.95. The van der Waals surface area contributed by atoms with Crippen molar-refractivity contribution in [3.63, 3.8) is 0 Å². The third kappa shape index (κ3) is 1.61. The fourth-order valence-electron chi connectivity index (χ4n) is 2.20. The van der Waals surface area contributed by atoms with Gasteiger partial charge in [0.2, 0.25) is 11.4 Å². The van der Waals surface area contributed by atoms with Crippen LogP contribution in [0.4, 0.5) is 0 Å². The van der Waals surface area contributed by atoms with Crippen LogP contribution in [0.2, 0.25) is 0 Å². The zero-order valence-electron chi connectivity index (χ0n) is 10.4. The molecule has 2 unspecified atom stereocenters. The van der Waals surface area contributed by atoms with Crippen molar-refractivity contribution in [1.82, 2.24) is 10.6 Å². The van der Waals surface area contributed by atoms with E-state index >= 15 is 0 Å². The molecule has 4 heteroatoms. The third-order valence-electron chi connectivity index (χ3n) is 3.45. The molecule has 2 heterocycles. The van der Waals surface area contributed by atoms with E-state index in [0.29, 0.717) is 0 Å². The Labute approximate surface area is 106 Å². The van der Waals surface area contributed by atoms with Gasteiger partial charge in [0, 0.05) is 23.5 Å². The van der Waals surface area contributed by atoms with Gasteiger partial charge in [0.25, 0.3) is 0 Å². The van der Waals surface area contributed by atoms with Crippen molar-refractivity contribution < 1.29 is 9.47 Å². The molecule has 18 heavy (non-hydrogen) atoms. The highest BCUT2D eigenvalue weighted by atomic mass is 16.5. The lowest BCUT2D eigenvalue weighted by atomic mass is 9.99. The molecule has 0 fully saturated rings. The molecule has 2 aliphatic heterocycles. The van der Waals surface area contributed by atoms with Crippen molar-refractivity contribution in [2.75, 3.05) is 0 Å². The van der Waals surface area contributed by atoms with Gasteiger partial charge in [0.15, 0.2) is 0 Å². The third-order valence-corrected chi connectivity index (χ3v) is 3.45. The van der Waals surface area contributed by atoms with Crippen molar-refractivity contribution in [2.45, 2.75) is 25.3 Å². The molecule has 2 aliphatic rings. The summed E-state index contributed by atoms with van der Waals surface area (Å²) in [6.07, 6.45) is 6.95. The van der Waals surface area contributed by atoms with E-state index in [9.17, 15) is 0 Å². The van der Waals surface area contributed by atoms with Gasteiger partial charge in [0.1, 0.15) is 12.5 Å². The van der Waals surface area contributed by atoms with Crippen LogP contribution >= 0.6 is 0 Å². The minimum atomic E-state index is -0.471. The molecule has 2 atom stereocenters. The van der Waals surface area contributed by atoms with Gasteiger partial charge in [-0.2, -0.15) is 0 Å². The lowest BCUT2D eigenvalue weighted by molar-refractivity contribution is 0.0365. The molecule has 0 aliphatic carbocycles. The van der Waals surface area contributed by atoms with E-state index in [0.717, 1.165) is 11.1 Å². The molecule has 1 aromatic rings. The zero-order chi connectivity index (χ0) is 12.6. The standard InChI is InChI=1S/C14H16N2O2/c1-13(15-7-9-17-13)11-3-5-12(6-4-11)14(2)16-8-10-18-14/h3-10,15-16H,1-2H3. The van der Waals surface area contributed by atoms with Gasteiger partial charge in [-0.3, -0.25) is 0 Å². The Morgan fingerprint density at radius 1 is 0.778 bits per heavy atom. The van der Waals surface area contributed by atoms with Gasteiger partial charge in [-0.1, -0.05) is 24.3 Å². The van der Waals surface area contributed by atoms with Crippen LogP contribution in [0, 0.1) is 0 Å². The van der Waals surface area contributed by atoms with E-state index in [1.165, 1.54) is 0 Å². The smallest absolute Gasteiger partial charge is 0.203 e. The van der Waals surface area contributed by atoms with Crippen molar-refractivity contribution in [2.24, 2.45) is 0 Å². The van der Waals surface area contributed by atoms with Gasteiger partial charge < -0.3 is 20.1 Å². The summed E-state index contributed by atoms with van der Waals surface area (Å²) in [6, 6.07) is 8.18. The van der Waals surface area contributed by atoms with Crippen molar-refractivity contribution in [3.8, 4) is 0 Å². The first-order chi connectivity index (χ1) is 8.62. The van der Waals surface area contributed by atoms with Crippen LogP contribution in [0.25, 0.3) is 0 Å². The number of ether oxygens (including phenoxy) is 2. The fourth-order valence-corrected chi connectivity index (χ4v) is 2.20. The van der Waals surface area contributed by atoms with Crippen molar-refractivity contribution >= 4 is 0 Å². The van der Waals surface area contributed by atoms with Crippen LogP contribution in [0.15, 0.2) is 49.2 Å². The monoisotopic (exact) mass is 244 g/mol. The fraction of sp³-hybridized carbons (Fsp3) is 0.286. The van der Waals surface area contributed by atoms with Crippen molar-refractivity contribution in [3.05, 3.63) is 60.3 Å². The number of hydrogen-bond acceptors (Lipinski definition) is 4. The second-order valence-electron chi connectivity index (χ2n) is 4.77. The van der Waals surface area contributed by atoms with Gasteiger partial charge >= 0.3 is 0 Å². The van der Waals surface area contributed by atoms with Gasteiger partial charge in [0.05, 0.1) is 0 Å². The van der Waals surface area contributed by atoms with Crippen LogP contribution in [0.1, 0.15) is 25.0 Å². The topological polar surface area (TPSA) is 42.5 Å². The second-order valence-corrected chi connectivity index (χ2v) is 4.77. The molecule has 0 amide bonds. The van der Waals surface area contributed by atoms with E-state index in [4.69, 9.17) is 9.47 Å². The average molecular weight is 244 g/mol. The molecule has 0 bridgehead atoms. The van der Waals surface area contributed by atoms with E-state index in [2.05, 4.69) is 10.6 Å². The largest absolute Gasteiger partial charge is 0.470 e. The molecule has 0 spiro atoms. The molecule has 0 saturated heterocycles. The summed E-state index contributed by atoms with van der Waals surface area (Å²) < 4.78 is 11.1. The van der Waals surface area contributed by atoms with Gasteiger partial charge in [-0.15, -0.1) is 0 Å². The predicted molar refractivity (Wildman–Crippen MR) is 67.9 cm³/mol. The highest BCUT2D eigenvalue weighted by molar-refractivity contribution is 5.31. The minimum absolute atomic E-state index is 0.471. The molecule has 0 radical (unpaired) electrons. The maximum Gasteiger partial charge on any atom is 0.203 e. The highest BCUT2D eigenvalue weighted by Gasteiger charge is 2.32. The Hall–Kier alpha value is -2.10. The van der Waals surface area contributed by atoms with Crippen LogP contribution in [-0.2, 0) is 20.9 Å². The SMILES string of the molecule is CC1(c2ccc(C3(C)NC=CO3)cc2)NC=CO1. The molecule has 3 rings (SSSR count). The summed E-state index contributed by atoms with van der Waals surface area (Å²) in [7, 11) is 0. The van der Waals surface area contributed by atoms with E-state index < -0.39 is 11.4 Å². The predicted octanol–water partition coefficient (Wildman–Crippen LogP) is 2.21. The lowest BCUT2D eigenvalue weighted by Gasteiger charge is -2.28. The molecule has 0 saturated carbocycles. The highest BCUT2D eigenvalue weighted by Crippen LogP contribution is 2.30. The Kier molecular flexibility index (Phi) is 2.26. The van der Waals surface area contributed by atoms with Crippen LogP contribution in [0.5, 0.6) is 0 Å². The number of benzene rings is 1. The van der Waals surface area contributed by atoms with Gasteiger partial charge in [-0.25, -0.2) is 0 Å². The summed E-state index contributed by atoms with van der Waals surface area (Å²) in [5.41, 5.74) is 1.21. The van der Waals surface area contributed by atoms with E-state index in [1.54, 1.807) is 24.9 Å². The Morgan fingerprint density at radius 2 is 1.17 bits per heavy atom. The van der Waals surface area contributed by atoms with Crippen LogP contribution < -0.4 is 10.6 Å².